The van der Waals surface area contributed by atoms with Gasteiger partial charge in [-0.15, -0.1) is 0 Å². The van der Waals surface area contributed by atoms with Gasteiger partial charge < -0.3 is 4.74 Å². The molecular formula is C25H24N2O2. The fraction of sp³-hybridized carbons (Fsp3) is 0.200. The normalized spacial score (nSPS) is 11.2. The number of benzene rings is 3. The molecule has 4 heteroatoms. The standard InChI is InChI=1S/C25H24N2O2/c1-16(2)18-7-9-19(10-8-18)24-22-15-21(29-4)13-14-23(22)27(25(28)26-24)20-11-5-17(3)6-12-20/h5-16H,1-4H3. The van der Waals surface area contributed by atoms with E-state index in [-0.39, 0.29) is 5.69 Å². The molecule has 0 unspecified atom stereocenters. The number of fused-ring (bicyclic) bond motifs is 1. The minimum absolute atomic E-state index is 0.297. The Morgan fingerprint density at radius 1 is 0.931 bits per heavy atom. The topological polar surface area (TPSA) is 44.1 Å². The first kappa shape index (κ1) is 18.9. The monoisotopic (exact) mass is 384 g/mol. The fourth-order valence-electron chi connectivity index (χ4n) is 3.52. The molecule has 0 atom stereocenters. The first-order valence-corrected chi connectivity index (χ1v) is 9.76. The summed E-state index contributed by atoms with van der Waals surface area (Å²) in [5.41, 5.74) is 5.28. The summed E-state index contributed by atoms with van der Waals surface area (Å²) in [6, 6.07) is 21.9. The molecule has 0 saturated heterocycles. The molecule has 0 aliphatic carbocycles. The Hall–Kier alpha value is -3.40. The van der Waals surface area contributed by atoms with E-state index in [2.05, 4.69) is 31.0 Å². The van der Waals surface area contributed by atoms with E-state index in [1.165, 1.54) is 5.56 Å². The van der Waals surface area contributed by atoms with Crippen LogP contribution in [-0.4, -0.2) is 16.7 Å². The van der Waals surface area contributed by atoms with Gasteiger partial charge in [0.05, 0.1) is 24.0 Å². The van der Waals surface area contributed by atoms with Gasteiger partial charge in [-0.3, -0.25) is 4.57 Å². The van der Waals surface area contributed by atoms with Crippen molar-refractivity contribution in [3.63, 3.8) is 0 Å². The molecule has 3 aromatic carbocycles. The van der Waals surface area contributed by atoms with Gasteiger partial charge in [0, 0.05) is 10.9 Å². The van der Waals surface area contributed by atoms with Crippen molar-refractivity contribution in [2.24, 2.45) is 0 Å². The lowest BCUT2D eigenvalue weighted by molar-refractivity contribution is 0.415. The number of ether oxygens (including phenoxy) is 1. The Bertz CT molecular complexity index is 1220. The van der Waals surface area contributed by atoms with E-state index in [0.717, 1.165) is 33.5 Å². The summed E-state index contributed by atoms with van der Waals surface area (Å²) in [6.07, 6.45) is 0. The number of methoxy groups -OCH3 is 1. The van der Waals surface area contributed by atoms with Gasteiger partial charge in [-0.25, -0.2) is 4.79 Å². The van der Waals surface area contributed by atoms with E-state index < -0.39 is 0 Å². The van der Waals surface area contributed by atoms with Crippen LogP contribution in [0.4, 0.5) is 0 Å². The van der Waals surface area contributed by atoms with Gasteiger partial charge in [-0.1, -0.05) is 55.8 Å². The third-order valence-electron chi connectivity index (χ3n) is 5.24. The van der Waals surface area contributed by atoms with Gasteiger partial charge in [0.25, 0.3) is 0 Å². The van der Waals surface area contributed by atoms with Crippen LogP contribution in [0.3, 0.4) is 0 Å². The SMILES string of the molecule is COc1ccc2c(c1)c(-c1ccc(C(C)C)cc1)nc(=O)n2-c1ccc(C)cc1. The number of aryl methyl sites for hydroxylation is 1. The Morgan fingerprint density at radius 3 is 2.24 bits per heavy atom. The van der Waals surface area contributed by atoms with E-state index in [4.69, 9.17) is 4.74 Å². The van der Waals surface area contributed by atoms with Crippen molar-refractivity contribution in [1.82, 2.24) is 9.55 Å². The second-order valence-corrected chi connectivity index (χ2v) is 7.57. The van der Waals surface area contributed by atoms with E-state index >= 15 is 0 Å². The highest BCUT2D eigenvalue weighted by molar-refractivity contribution is 5.94. The highest BCUT2D eigenvalue weighted by Gasteiger charge is 2.15. The van der Waals surface area contributed by atoms with Crippen molar-refractivity contribution in [2.75, 3.05) is 7.11 Å². The van der Waals surface area contributed by atoms with Gasteiger partial charge in [-0.05, 0) is 48.7 Å². The van der Waals surface area contributed by atoms with Crippen LogP contribution in [0.15, 0.2) is 71.5 Å². The van der Waals surface area contributed by atoms with Crippen LogP contribution in [-0.2, 0) is 0 Å². The summed E-state index contributed by atoms with van der Waals surface area (Å²) in [5, 5.41) is 0.877. The predicted molar refractivity (Wildman–Crippen MR) is 118 cm³/mol. The molecule has 0 amide bonds. The molecule has 4 rings (SSSR count). The summed E-state index contributed by atoms with van der Waals surface area (Å²) in [6.45, 7) is 6.35. The third kappa shape index (κ3) is 3.54. The number of aromatic nitrogens is 2. The largest absolute Gasteiger partial charge is 0.497 e. The molecule has 0 fully saturated rings. The average molecular weight is 384 g/mol. The lowest BCUT2D eigenvalue weighted by atomic mass is 9.99. The first-order chi connectivity index (χ1) is 14.0. The van der Waals surface area contributed by atoms with Gasteiger partial charge in [0.1, 0.15) is 5.75 Å². The zero-order valence-corrected chi connectivity index (χ0v) is 17.1. The molecule has 29 heavy (non-hydrogen) atoms. The van der Waals surface area contributed by atoms with Crippen molar-refractivity contribution in [1.29, 1.82) is 0 Å². The van der Waals surface area contributed by atoms with Crippen LogP contribution < -0.4 is 10.4 Å². The van der Waals surface area contributed by atoms with Crippen LogP contribution in [0, 0.1) is 6.92 Å². The number of hydrogen-bond donors (Lipinski definition) is 0. The molecule has 0 aliphatic rings. The summed E-state index contributed by atoms with van der Waals surface area (Å²) < 4.78 is 7.09. The maximum Gasteiger partial charge on any atom is 0.353 e. The van der Waals surface area contributed by atoms with E-state index in [1.54, 1.807) is 11.7 Å². The van der Waals surface area contributed by atoms with Crippen LogP contribution in [0.1, 0.15) is 30.9 Å². The van der Waals surface area contributed by atoms with Crippen LogP contribution >= 0.6 is 0 Å². The molecule has 4 nitrogen and oxygen atoms in total. The quantitative estimate of drug-likeness (QED) is 0.467. The average Bonchev–Trinajstić information content (AvgIpc) is 2.74. The van der Waals surface area contributed by atoms with Crippen LogP contribution in [0.25, 0.3) is 27.8 Å². The van der Waals surface area contributed by atoms with Crippen molar-refractivity contribution >= 4 is 10.9 Å². The third-order valence-corrected chi connectivity index (χ3v) is 5.24. The lowest BCUT2D eigenvalue weighted by Gasteiger charge is -2.14. The molecule has 4 aromatic rings. The molecule has 0 spiro atoms. The summed E-state index contributed by atoms with van der Waals surface area (Å²) in [4.78, 5) is 17.5. The van der Waals surface area contributed by atoms with Gasteiger partial charge in [-0.2, -0.15) is 4.98 Å². The zero-order valence-electron chi connectivity index (χ0n) is 17.1. The number of nitrogens with zero attached hydrogens (tertiary/aromatic N) is 2. The highest BCUT2D eigenvalue weighted by atomic mass is 16.5. The number of hydrogen-bond acceptors (Lipinski definition) is 3. The van der Waals surface area contributed by atoms with Gasteiger partial charge in [0.2, 0.25) is 0 Å². The molecule has 0 aliphatic heterocycles. The molecule has 0 bridgehead atoms. The Labute approximate surface area is 170 Å². The molecule has 0 N–H and O–H groups in total. The molecule has 0 saturated carbocycles. The molecule has 0 radical (unpaired) electrons. The van der Waals surface area contributed by atoms with Crippen LogP contribution in [0.5, 0.6) is 5.75 Å². The van der Waals surface area contributed by atoms with E-state index in [9.17, 15) is 4.79 Å². The van der Waals surface area contributed by atoms with E-state index in [0.29, 0.717) is 11.6 Å². The van der Waals surface area contributed by atoms with Gasteiger partial charge in [0.15, 0.2) is 0 Å². The first-order valence-electron chi connectivity index (χ1n) is 9.76. The second kappa shape index (κ2) is 7.55. The van der Waals surface area contributed by atoms with Crippen molar-refractivity contribution in [3.8, 4) is 22.7 Å². The summed E-state index contributed by atoms with van der Waals surface area (Å²) in [7, 11) is 1.64. The Balaban J connectivity index is 2.00. The van der Waals surface area contributed by atoms with Crippen molar-refractivity contribution in [2.45, 2.75) is 26.7 Å². The smallest absolute Gasteiger partial charge is 0.353 e. The second-order valence-electron chi connectivity index (χ2n) is 7.57. The summed E-state index contributed by atoms with van der Waals surface area (Å²) in [5.74, 6) is 1.18. The minimum atomic E-state index is -0.297. The maximum atomic E-state index is 13.1. The highest BCUT2D eigenvalue weighted by Crippen LogP contribution is 2.30. The Morgan fingerprint density at radius 2 is 1.62 bits per heavy atom. The molecule has 146 valence electrons. The minimum Gasteiger partial charge on any atom is -0.497 e. The number of rotatable bonds is 4. The van der Waals surface area contributed by atoms with Crippen molar-refractivity contribution in [3.05, 3.63) is 88.3 Å². The maximum absolute atomic E-state index is 13.1. The molecule has 1 heterocycles. The van der Waals surface area contributed by atoms with Crippen LogP contribution in [0.2, 0.25) is 0 Å². The zero-order chi connectivity index (χ0) is 20.5. The fourth-order valence-corrected chi connectivity index (χ4v) is 3.52. The predicted octanol–water partition coefficient (Wildman–Crippen LogP) is 5.49. The summed E-state index contributed by atoms with van der Waals surface area (Å²) >= 11 is 0. The molecular weight excluding hydrogens is 360 g/mol. The van der Waals surface area contributed by atoms with E-state index in [1.807, 2.05) is 61.5 Å². The van der Waals surface area contributed by atoms with Gasteiger partial charge >= 0.3 is 5.69 Å². The van der Waals surface area contributed by atoms with Crippen molar-refractivity contribution < 1.29 is 4.74 Å². The lowest BCUT2D eigenvalue weighted by Crippen LogP contribution is -2.22. The molecule has 1 aromatic heterocycles. The Kier molecular flexibility index (Phi) is 4.93.